The molecule has 0 fully saturated rings. The maximum absolute atomic E-state index is 10.0. The van der Waals surface area contributed by atoms with Crippen LogP contribution in [0.2, 0.25) is 0 Å². The monoisotopic (exact) mass is 213 g/mol. The highest BCUT2D eigenvalue weighted by Gasteiger charge is 2.24. The first kappa shape index (κ1) is 12.5. The van der Waals surface area contributed by atoms with Crippen LogP contribution >= 0.6 is 0 Å². The van der Waals surface area contributed by atoms with Crippen molar-refractivity contribution in [2.45, 2.75) is 45.3 Å². The van der Waals surface area contributed by atoms with Gasteiger partial charge in [-0.2, -0.15) is 0 Å². The molecular weight excluding hydrogens is 190 g/mol. The van der Waals surface area contributed by atoms with Gasteiger partial charge >= 0.3 is 0 Å². The Morgan fingerprint density at radius 1 is 1.60 bits per heavy atom. The molecule has 1 rings (SSSR count). The maximum atomic E-state index is 10.0. The van der Waals surface area contributed by atoms with E-state index in [0.717, 1.165) is 19.4 Å². The number of hydrogen-bond acceptors (Lipinski definition) is 3. The first-order valence-electron chi connectivity index (χ1n) is 5.76. The van der Waals surface area contributed by atoms with Crippen molar-refractivity contribution < 1.29 is 9.84 Å². The molecule has 1 aliphatic heterocycles. The topological polar surface area (TPSA) is 41.5 Å². The number of aliphatic hydroxyl groups is 1. The molecule has 15 heavy (non-hydrogen) atoms. The molecule has 0 amide bonds. The van der Waals surface area contributed by atoms with Crippen molar-refractivity contribution in [3.63, 3.8) is 0 Å². The summed E-state index contributed by atoms with van der Waals surface area (Å²) in [6.45, 7) is 7.36. The van der Waals surface area contributed by atoms with E-state index in [0.29, 0.717) is 6.54 Å². The quantitative estimate of drug-likeness (QED) is 0.730. The van der Waals surface area contributed by atoms with Crippen molar-refractivity contribution in [2.24, 2.45) is 5.92 Å². The molecule has 1 aliphatic rings. The lowest BCUT2D eigenvalue weighted by atomic mass is 9.92. The minimum atomic E-state index is -0.634. The van der Waals surface area contributed by atoms with Gasteiger partial charge in [0.1, 0.15) is 6.10 Å². The van der Waals surface area contributed by atoms with E-state index in [9.17, 15) is 5.11 Å². The van der Waals surface area contributed by atoms with Crippen LogP contribution in [0.25, 0.3) is 0 Å². The average Bonchev–Trinajstić information content (AvgIpc) is 2.19. The van der Waals surface area contributed by atoms with Crippen LogP contribution < -0.4 is 5.32 Å². The van der Waals surface area contributed by atoms with Crippen LogP contribution in [-0.2, 0) is 4.74 Å². The van der Waals surface area contributed by atoms with Crippen molar-refractivity contribution in [3.05, 3.63) is 12.3 Å². The minimum absolute atomic E-state index is 0.261. The molecule has 2 atom stereocenters. The Labute approximate surface area is 92.5 Å². The molecule has 0 saturated heterocycles. The molecule has 1 heterocycles. The lowest BCUT2D eigenvalue weighted by Gasteiger charge is -2.29. The van der Waals surface area contributed by atoms with Gasteiger partial charge in [-0.05, 0) is 31.8 Å². The number of hydrogen-bond donors (Lipinski definition) is 2. The largest absolute Gasteiger partial charge is 0.497 e. The van der Waals surface area contributed by atoms with Crippen molar-refractivity contribution in [3.8, 4) is 0 Å². The molecule has 3 nitrogen and oxygen atoms in total. The van der Waals surface area contributed by atoms with Gasteiger partial charge in [0.25, 0.3) is 0 Å². The van der Waals surface area contributed by atoms with Gasteiger partial charge in [-0.1, -0.05) is 13.8 Å². The van der Waals surface area contributed by atoms with Gasteiger partial charge in [0.2, 0.25) is 0 Å². The first-order chi connectivity index (χ1) is 7.02. The van der Waals surface area contributed by atoms with Gasteiger partial charge in [-0.3, -0.25) is 0 Å². The summed E-state index contributed by atoms with van der Waals surface area (Å²) in [5.74, 6) is 0.261. The Kier molecular flexibility index (Phi) is 4.61. The van der Waals surface area contributed by atoms with E-state index in [1.54, 1.807) is 6.26 Å². The van der Waals surface area contributed by atoms with Crippen LogP contribution in [0.15, 0.2) is 12.3 Å². The molecular formula is C12H23NO2. The Bertz CT molecular complexity index is 212. The maximum Gasteiger partial charge on any atom is 0.110 e. The Morgan fingerprint density at radius 3 is 2.87 bits per heavy atom. The highest BCUT2D eigenvalue weighted by Crippen LogP contribution is 2.15. The summed E-state index contributed by atoms with van der Waals surface area (Å²) in [7, 11) is 0. The molecule has 0 radical (unpaired) electrons. The van der Waals surface area contributed by atoms with E-state index in [2.05, 4.69) is 5.32 Å². The Balaban J connectivity index is 2.18. The van der Waals surface area contributed by atoms with E-state index in [-0.39, 0.29) is 12.0 Å². The first-order valence-corrected chi connectivity index (χ1v) is 5.76. The summed E-state index contributed by atoms with van der Waals surface area (Å²) in [5.41, 5.74) is -0.634. The molecule has 0 saturated carbocycles. The highest BCUT2D eigenvalue weighted by molar-refractivity contribution is 4.84. The van der Waals surface area contributed by atoms with Crippen LogP contribution in [0.3, 0.4) is 0 Å². The van der Waals surface area contributed by atoms with Gasteiger partial charge in [0, 0.05) is 13.1 Å². The van der Waals surface area contributed by atoms with Crippen LogP contribution in [0.5, 0.6) is 0 Å². The molecule has 0 bridgehead atoms. The summed E-state index contributed by atoms with van der Waals surface area (Å²) in [6, 6.07) is 0. The van der Waals surface area contributed by atoms with E-state index in [1.165, 1.54) is 0 Å². The lowest BCUT2D eigenvalue weighted by molar-refractivity contribution is 0.0106. The third kappa shape index (κ3) is 4.22. The summed E-state index contributed by atoms with van der Waals surface area (Å²) in [4.78, 5) is 0. The number of nitrogens with one attached hydrogen (secondary N) is 1. The fourth-order valence-corrected chi connectivity index (χ4v) is 1.43. The zero-order valence-electron chi connectivity index (χ0n) is 9.99. The molecule has 0 unspecified atom stereocenters. The van der Waals surface area contributed by atoms with Crippen LogP contribution in [0.4, 0.5) is 0 Å². The third-order valence-corrected chi connectivity index (χ3v) is 3.12. The molecule has 3 heteroatoms. The standard InChI is InChI=1S/C12H23NO2/c1-10(2)12(3,14)9-13-8-11-6-4-5-7-15-11/h5,7,10-11,13-14H,4,6,8-9H2,1-3H3/t11-,12-/m1/s1. The fraction of sp³-hybridized carbons (Fsp3) is 0.833. The van der Waals surface area contributed by atoms with Gasteiger partial charge in [0.15, 0.2) is 0 Å². The Hall–Kier alpha value is -0.540. The van der Waals surface area contributed by atoms with E-state index in [4.69, 9.17) is 4.74 Å². The van der Waals surface area contributed by atoms with Crippen molar-refractivity contribution in [1.82, 2.24) is 5.32 Å². The predicted octanol–water partition coefficient (Wildman–Crippen LogP) is 1.68. The summed E-state index contributed by atoms with van der Waals surface area (Å²) in [5, 5.41) is 13.3. The van der Waals surface area contributed by atoms with E-state index < -0.39 is 5.60 Å². The van der Waals surface area contributed by atoms with Crippen molar-refractivity contribution >= 4 is 0 Å². The summed E-state index contributed by atoms with van der Waals surface area (Å²) < 4.78 is 5.43. The minimum Gasteiger partial charge on any atom is -0.497 e. The molecule has 0 spiro atoms. The van der Waals surface area contributed by atoms with Gasteiger partial charge in [0.05, 0.1) is 11.9 Å². The summed E-state index contributed by atoms with van der Waals surface area (Å²) in [6.07, 6.45) is 6.23. The van der Waals surface area contributed by atoms with Crippen LogP contribution in [-0.4, -0.2) is 29.9 Å². The van der Waals surface area contributed by atoms with Crippen LogP contribution in [0, 0.1) is 5.92 Å². The highest BCUT2D eigenvalue weighted by atomic mass is 16.5. The van der Waals surface area contributed by atoms with E-state index in [1.807, 2.05) is 26.8 Å². The van der Waals surface area contributed by atoms with Crippen molar-refractivity contribution in [2.75, 3.05) is 13.1 Å². The zero-order chi connectivity index (χ0) is 11.3. The number of allylic oxidation sites excluding steroid dienone is 1. The summed E-state index contributed by atoms with van der Waals surface area (Å²) >= 11 is 0. The van der Waals surface area contributed by atoms with Crippen LogP contribution in [0.1, 0.15) is 33.6 Å². The average molecular weight is 213 g/mol. The second-order valence-electron chi connectivity index (χ2n) is 4.85. The zero-order valence-corrected chi connectivity index (χ0v) is 9.99. The van der Waals surface area contributed by atoms with Gasteiger partial charge < -0.3 is 15.2 Å². The van der Waals surface area contributed by atoms with Gasteiger partial charge in [-0.15, -0.1) is 0 Å². The molecule has 0 aromatic rings. The second-order valence-corrected chi connectivity index (χ2v) is 4.85. The molecule has 0 aliphatic carbocycles. The molecule has 88 valence electrons. The molecule has 2 N–H and O–H groups in total. The SMILES string of the molecule is CC(C)[C@](C)(O)CNC[C@H]1CCC=CO1. The number of ether oxygens (including phenoxy) is 1. The second kappa shape index (κ2) is 5.52. The molecule has 0 aromatic heterocycles. The smallest absolute Gasteiger partial charge is 0.110 e. The molecule has 0 aromatic carbocycles. The van der Waals surface area contributed by atoms with Gasteiger partial charge in [-0.25, -0.2) is 0 Å². The third-order valence-electron chi connectivity index (χ3n) is 3.12. The van der Waals surface area contributed by atoms with Crippen molar-refractivity contribution in [1.29, 1.82) is 0 Å². The predicted molar refractivity (Wildman–Crippen MR) is 61.6 cm³/mol. The Morgan fingerprint density at radius 2 is 2.33 bits per heavy atom. The van der Waals surface area contributed by atoms with E-state index >= 15 is 0 Å². The lowest BCUT2D eigenvalue weighted by Crippen LogP contribution is -2.44. The number of rotatable bonds is 5. The fourth-order valence-electron chi connectivity index (χ4n) is 1.43. The normalized spacial score (nSPS) is 25.0.